The van der Waals surface area contributed by atoms with Gasteiger partial charge in [0.1, 0.15) is 0 Å². The zero-order valence-electron chi connectivity index (χ0n) is 12.7. The van der Waals surface area contributed by atoms with E-state index in [4.69, 9.17) is 18.0 Å². The van der Waals surface area contributed by atoms with E-state index in [1.165, 1.54) is 12.8 Å². The highest BCUT2D eigenvalue weighted by Crippen LogP contribution is 2.25. The van der Waals surface area contributed by atoms with E-state index in [0.29, 0.717) is 17.1 Å². The number of anilines is 1. The van der Waals surface area contributed by atoms with Crippen molar-refractivity contribution in [2.75, 3.05) is 25.5 Å². The Morgan fingerprint density at radius 3 is 2.57 bits per heavy atom. The molecule has 0 spiro atoms. The zero-order valence-corrected chi connectivity index (χ0v) is 13.5. The van der Waals surface area contributed by atoms with Crippen molar-refractivity contribution >= 4 is 28.8 Å². The average molecular weight is 305 g/mol. The van der Waals surface area contributed by atoms with E-state index in [1.54, 1.807) is 0 Å². The number of carbonyl (C=O) groups is 1. The van der Waals surface area contributed by atoms with Crippen LogP contribution in [-0.2, 0) is 0 Å². The number of rotatable bonds is 5. The first-order valence-corrected chi connectivity index (χ1v) is 7.76. The Morgan fingerprint density at radius 2 is 2.00 bits per heavy atom. The van der Waals surface area contributed by atoms with Crippen LogP contribution < -0.4 is 10.6 Å². The lowest BCUT2D eigenvalue weighted by Gasteiger charge is -2.29. The fourth-order valence-corrected chi connectivity index (χ4v) is 2.97. The maximum Gasteiger partial charge on any atom is 0.254 e. The van der Waals surface area contributed by atoms with Gasteiger partial charge in [0.05, 0.1) is 11.5 Å². The highest BCUT2D eigenvalue weighted by molar-refractivity contribution is 7.80. The van der Waals surface area contributed by atoms with E-state index in [0.717, 1.165) is 18.5 Å². The molecule has 1 aromatic rings. The first kappa shape index (κ1) is 15.8. The first-order valence-electron chi connectivity index (χ1n) is 7.35. The molecule has 1 aliphatic carbocycles. The second-order valence-corrected chi connectivity index (χ2v) is 6.31. The Morgan fingerprint density at radius 1 is 1.33 bits per heavy atom. The summed E-state index contributed by atoms with van der Waals surface area (Å²) in [5.41, 5.74) is 7.40. The van der Waals surface area contributed by atoms with E-state index < -0.39 is 0 Å². The van der Waals surface area contributed by atoms with E-state index in [9.17, 15) is 4.79 Å². The molecule has 1 aromatic carbocycles. The predicted octanol–water partition coefficient (Wildman–Crippen LogP) is 2.42. The molecule has 2 N–H and O–H groups in total. The van der Waals surface area contributed by atoms with Gasteiger partial charge in [0, 0.05) is 31.4 Å². The van der Waals surface area contributed by atoms with Gasteiger partial charge >= 0.3 is 0 Å². The van der Waals surface area contributed by atoms with Crippen LogP contribution in [0.15, 0.2) is 24.3 Å². The summed E-state index contributed by atoms with van der Waals surface area (Å²) in [4.78, 5) is 17.1. The summed E-state index contributed by atoms with van der Waals surface area (Å²) in [5.74, 6) is 0.0263. The predicted molar refractivity (Wildman–Crippen MR) is 90.8 cm³/mol. The zero-order chi connectivity index (χ0) is 15.4. The van der Waals surface area contributed by atoms with Crippen molar-refractivity contribution in [1.82, 2.24) is 4.90 Å². The van der Waals surface area contributed by atoms with Gasteiger partial charge in [0.2, 0.25) is 0 Å². The lowest BCUT2D eigenvalue weighted by Crippen LogP contribution is -2.43. The van der Waals surface area contributed by atoms with E-state index in [1.807, 2.05) is 48.2 Å². The van der Waals surface area contributed by atoms with Gasteiger partial charge in [-0.25, -0.2) is 0 Å². The second-order valence-electron chi connectivity index (χ2n) is 5.78. The molecule has 114 valence electrons. The van der Waals surface area contributed by atoms with E-state index in [2.05, 4.69) is 0 Å². The molecule has 21 heavy (non-hydrogen) atoms. The van der Waals surface area contributed by atoms with Crippen LogP contribution in [0.3, 0.4) is 0 Å². The Kier molecular flexibility index (Phi) is 5.17. The van der Waals surface area contributed by atoms with Crippen molar-refractivity contribution < 1.29 is 4.79 Å². The smallest absolute Gasteiger partial charge is 0.254 e. The van der Waals surface area contributed by atoms with E-state index >= 15 is 0 Å². The van der Waals surface area contributed by atoms with Crippen LogP contribution in [-0.4, -0.2) is 42.5 Å². The molecule has 0 atom stereocenters. The molecule has 0 unspecified atom stereocenters. The van der Waals surface area contributed by atoms with Crippen LogP contribution in [0.25, 0.3) is 0 Å². The number of amides is 1. The molecule has 1 amide bonds. The van der Waals surface area contributed by atoms with Crippen LogP contribution in [0.2, 0.25) is 0 Å². The number of thiocarbonyl (C=S) groups is 1. The van der Waals surface area contributed by atoms with Crippen LogP contribution in [0, 0.1) is 0 Å². The Hall–Kier alpha value is -1.62. The van der Waals surface area contributed by atoms with Crippen LogP contribution >= 0.6 is 12.2 Å². The van der Waals surface area contributed by atoms with Crippen LogP contribution in [0.1, 0.15) is 36.0 Å². The monoisotopic (exact) mass is 305 g/mol. The average Bonchev–Trinajstić information content (AvgIpc) is 2.98. The molecule has 4 nitrogen and oxygen atoms in total. The van der Waals surface area contributed by atoms with Crippen molar-refractivity contribution in [3.8, 4) is 0 Å². The molecule has 0 bridgehead atoms. The van der Waals surface area contributed by atoms with Gasteiger partial charge in [-0.05, 0) is 31.0 Å². The SMILES string of the molecule is CN(C)c1cccc(C(=O)N(CC(N)=S)C2CCCC2)c1. The summed E-state index contributed by atoms with van der Waals surface area (Å²) in [5, 5.41) is 0. The fourth-order valence-electron chi connectivity index (χ4n) is 2.83. The topological polar surface area (TPSA) is 49.6 Å². The lowest BCUT2D eigenvalue weighted by atomic mass is 10.1. The van der Waals surface area contributed by atoms with Crippen LogP contribution in [0.5, 0.6) is 0 Å². The van der Waals surface area contributed by atoms with Crippen molar-refractivity contribution in [1.29, 1.82) is 0 Å². The first-order chi connectivity index (χ1) is 9.99. The van der Waals surface area contributed by atoms with E-state index in [-0.39, 0.29) is 11.9 Å². The van der Waals surface area contributed by atoms with Gasteiger partial charge in [0.25, 0.3) is 5.91 Å². The normalized spacial score (nSPS) is 15.0. The molecule has 5 heteroatoms. The minimum atomic E-state index is 0.0263. The number of carbonyl (C=O) groups excluding carboxylic acids is 1. The number of nitrogens with two attached hydrogens (primary N) is 1. The number of hydrogen-bond acceptors (Lipinski definition) is 3. The highest BCUT2D eigenvalue weighted by atomic mass is 32.1. The fraction of sp³-hybridized carbons (Fsp3) is 0.500. The standard InChI is InChI=1S/C16H23N3OS/c1-18(2)14-9-5-6-12(10-14)16(20)19(11-15(17)21)13-7-3-4-8-13/h5-6,9-10,13H,3-4,7-8,11H2,1-2H3,(H2,17,21). The van der Waals surface area contributed by atoms with Gasteiger partial charge < -0.3 is 15.5 Å². The molecule has 0 heterocycles. The maximum atomic E-state index is 12.8. The maximum absolute atomic E-state index is 12.8. The summed E-state index contributed by atoms with van der Waals surface area (Å²) in [7, 11) is 3.93. The lowest BCUT2D eigenvalue weighted by molar-refractivity contribution is 0.0714. The van der Waals surface area contributed by atoms with Gasteiger partial charge in [-0.1, -0.05) is 31.1 Å². The highest BCUT2D eigenvalue weighted by Gasteiger charge is 2.27. The quantitative estimate of drug-likeness (QED) is 0.849. The largest absolute Gasteiger partial charge is 0.392 e. The Bertz CT molecular complexity index is 524. The van der Waals surface area contributed by atoms with Crippen molar-refractivity contribution in [2.24, 2.45) is 5.73 Å². The summed E-state index contributed by atoms with van der Waals surface area (Å²) >= 11 is 5.02. The van der Waals surface area contributed by atoms with Gasteiger partial charge in [0.15, 0.2) is 0 Å². The summed E-state index contributed by atoms with van der Waals surface area (Å²) < 4.78 is 0. The second kappa shape index (κ2) is 6.89. The van der Waals surface area contributed by atoms with Crippen LogP contribution in [0.4, 0.5) is 5.69 Å². The minimum Gasteiger partial charge on any atom is -0.392 e. The third kappa shape index (κ3) is 3.94. The molecule has 0 saturated heterocycles. The number of hydrogen-bond donors (Lipinski definition) is 1. The van der Waals surface area contributed by atoms with Gasteiger partial charge in [-0.2, -0.15) is 0 Å². The summed E-state index contributed by atoms with van der Waals surface area (Å²) in [6, 6.07) is 7.95. The minimum absolute atomic E-state index is 0.0263. The molecule has 0 aliphatic heterocycles. The van der Waals surface area contributed by atoms with Crippen molar-refractivity contribution in [2.45, 2.75) is 31.7 Å². The number of benzene rings is 1. The van der Waals surface area contributed by atoms with Gasteiger partial charge in [-0.3, -0.25) is 4.79 Å². The molecular formula is C16H23N3OS. The molecule has 1 aliphatic rings. The Labute approximate surface area is 131 Å². The molecule has 1 saturated carbocycles. The van der Waals surface area contributed by atoms with Crippen molar-refractivity contribution in [3.63, 3.8) is 0 Å². The number of nitrogens with zero attached hydrogens (tertiary/aromatic N) is 2. The van der Waals surface area contributed by atoms with Gasteiger partial charge in [-0.15, -0.1) is 0 Å². The summed E-state index contributed by atoms with van der Waals surface area (Å²) in [6.45, 7) is 0.366. The molecular weight excluding hydrogens is 282 g/mol. The molecule has 1 fully saturated rings. The Balaban J connectivity index is 2.24. The molecule has 0 radical (unpaired) electrons. The molecule has 0 aromatic heterocycles. The third-order valence-electron chi connectivity index (χ3n) is 3.96. The molecule has 2 rings (SSSR count). The summed E-state index contributed by atoms with van der Waals surface area (Å²) in [6.07, 6.45) is 4.43. The van der Waals surface area contributed by atoms with Crippen molar-refractivity contribution in [3.05, 3.63) is 29.8 Å². The third-order valence-corrected chi connectivity index (χ3v) is 4.09.